The van der Waals surface area contributed by atoms with Crippen molar-refractivity contribution in [3.8, 4) is 0 Å². The molecule has 0 bridgehead atoms. The zero-order chi connectivity index (χ0) is 28.0. The molecule has 37 heavy (non-hydrogen) atoms. The molecule has 6 heteroatoms. The van der Waals surface area contributed by atoms with E-state index in [1.165, 1.54) is 32.7 Å². The molecule has 0 amide bonds. The second kappa shape index (κ2) is 13.9. The lowest BCUT2D eigenvalue weighted by Gasteiger charge is -2.39. The van der Waals surface area contributed by atoms with Gasteiger partial charge in [-0.1, -0.05) is 72.7 Å². The highest BCUT2D eigenvalue weighted by Gasteiger charge is 2.35. The minimum atomic E-state index is -1.27. The molecule has 2 rings (SSSR count). The summed E-state index contributed by atoms with van der Waals surface area (Å²) in [5.41, 5.74) is 6.54. The van der Waals surface area contributed by atoms with Crippen LogP contribution in [0.2, 0.25) is 26.2 Å². The number of rotatable bonds is 12. The normalized spacial score (nSPS) is 15.0. The highest BCUT2D eigenvalue weighted by atomic mass is 32.1. The van der Waals surface area contributed by atoms with Crippen LogP contribution in [0.5, 0.6) is 0 Å². The van der Waals surface area contributed by atoms with Crippen LogP contribution in [-0.4, -0.2) is 29.8 Å². The average Bonchev–Trinajstić information content (AvgIpc) is 3.25. The minimum absolute atomic E-state index is 0.00260. The van der Waals surface area contributed by atoms with Gasteiger partial charge in [0.05, 0.1) is 18.8 Å². The van der Waals surface area contributed by atoms with Crippen LogP contribution in [0.25, 0.3) is 5.57 Å². The SMILES string of the molecule is CCC(=CCO)c1cc(CCc2ccc(C(O[SiH](C)C)C(C)(C)C)c(C(O[SiH](C)C)C(C)(C)C)c2)cs1. The summed E-state index contributed by atoms with van der Waals surface area (Å²) in [7, 11) is -2.52. The fourth-order valence-corrected chi connectivity index (χ4v) is 8.03. The van der Waals surface area contributed by atoms with Crippen molar-refractivity contribution in [2.75, 3.05) is 6.61 Å². The Morgan fingerprint density at radius 2 is 1.41 bits per heavy atom. The van der Waals surface area contributed by atoms with Gasteiger partial charge in [0, 0.05) is 4.88 Å². The van der Waals surface area contributed by atoms with Crippen molar-refractivity contribution < 1.29 is 14.0 Å². The number of aliphatic hydroxyl groups excluding tert-OH is 1. The van der Waals surface area contributed by atoms with E-state index in [1.807, 2.05) is 6.08 Å². The Morgan fingerprint density at radius 1 is 0.865 bits per heavy atom. The molecule has 0 saturated heterocycles. The van der Waals surface area contributed by atoms with Crippen LogP contribution in [0.15, 0.2) is 35.7 Å². The molecule has 2 aromatic rings. The van der Waals surface area contributed by atoms with E-state index in [9.17, 15) is 5.11 Å². The van der Waals surface area contributed by atoms with Crippen molar-refractivity contribution >= 4 is 35.0 Å². The van der Waals surface area contributed by atoms with Gasteiger partial charge in [0.25, 0.3) is 0 Å². The monoisotopic (exact) mass is 560 g/mol. The van der Waals surface area contributed by atoms with Gasteiger partial charge in [-0.3, -0.25) is 0 Å². The van der Waals surface area contributed by atoms with Crippen LogP contribution in [-0.2, 0) is 21.7 Å². The molecule has 0 spiro atoms. The molecule has 0 aliphatic heterocycles. The van der Waals surface area contributed by atoms with E-state index in [0.717, 1.165) is 19.3 Å². The summed E-state index contributed by atoms with van der Waals surface area (Å²) in [5.74, 6) is 0. The van der Waals surface area contributed by atoms with E-state index in [2.05, 4.69) is 104 Å². The average molecular weight is 561 g/mol. The topological polar surface area (TPSA) is 38.7 Å². The van der Waals surface area contributed by atoms with E-state index >= 15 is 0 Å². The van der Waals surface area contributed by atoms with Crippen LogP contribution in [0, 0.1) is 10.8 Å². The van der Waals surface area contributed by atoms with Crippen LogP contribution in [0.4, 0.5) is 0 Å². The molecule has 0 aliphatic rings. The summed E-state index contributed by atoms with van der Waals surface area (Å²) in [6.07, 6.45) is 4.96. The number of benzene rings is 1. The van der Waals surface area contributed by atoms with Crippen LogP contribution in [0.1, 0.15) is 94.2 Å². The first-order chi connectivity index (χ1) is 17.2. The van der Waals surface area contributed by atoms with E-state index in [1.54, 1.807) is 11.3 Å². The molecular formula is C31H52O3SSi2. The summed E-state index contributed by atoms with van der Waals surface area (Å²) >= 11 is 1.78. The van der Waals surface area contributed by atoms with Gasteiger partial charge in [-0.15, -0.1) is 11.3 Å². The molecule has 1 N–H and O–H groups in total. The molecule has 2 unspecified atom stereocenters. The third-order valence-corrected chi connectivity index (χ3v) is 9.18. The van der Waals surface area contributed by atoms with Gasteiger partial charge in [0.15, 0.2) is 18.1 Å². The van der Waals surface area contributed by atoms with Gasteiger partial charge in [-0.2, -0.15) is 0 Å². The number of hydrogen-bond acceptors (Lipinski definition) is 4. The third kappa shape index (κ3) is 9.59. The van der Waals surface area contributed by atoms with E-state index in [-0.39, 0.29) is 29.6 Å². The lowest BCUT2D eigenvalue weighted by molar-refractivity contribution is 0.0655. The van der Waals surface area contributed by atoms with Crippen molar-refractivity contribution in [3.05, 3.63) is 62.9 Å². The van der Waals surface area contributed by atoms with Crippen molar-refractivity contribution in [1.29, 1.82) is 0 Å². The summed E-state index contributed by atoms with van der Waals surface area (Å²) in [4.78, 5) is 1.27. The molecule has 1 heterocycles. The molecule has 3 nitrogen and oxygen atoms in total. The first kappa shape index (κ1) is 32.2. The van der Waals surface area contributed by atoms with Crippen LogP contribution >= 0.6 is 11.3 Å². The Balaban J connectivity index is 2.49. The lowest BCUT2D eigenvalue weighted by Crippen LogP contribution is -2.31. The summed E-state index contributed by atoms with van der Waals surface area (Å²) in [6.45, 7) is 25.1. The number of aryl methyl sites for hydroxylation is 2. The number of hydrogen-bond donors (Lipinski definition) is 1. The molecule has 208 valence electrons. The number of aliphatic hydroxyl groups is 1. The molecule has 2 atom stereocenters. The van der Waals surface area contributed by atoms with Gasteiger partial charge in [-0.25, -0.2) is 0 Å². The van der Waals surface area contributed by atoms with Gasteiger partial charge < -0.3 is 14.0 Å². The first-order valence-corrected chi connectivity index (χ1v) is 20.4. The molecule has 0 fully saturated rings. The highest BCUT2D eigenvalue weighted by Crippen LogP contribution is 2.45. The van der Waals surface area contributed by atoms with E-state index in [0.29, 0.717) is 0 Å². The Morgan fingerprint density at radius 3 is 1.89 bits per heavy atom. The Hall–Kier alpha value is -1.03. The van der Waals surface area contributed by atoms with Gasteiger partial charge in [0.2, 0.25) is 0 Å². The third-order valence-electron chi connectivity index (χ3n) is 6.50. The van der Waals surface area contributed by atoms with Crippen LogP contribution in [0.3, 0.4) is 0 Å². The maximum Gasteiger partial charge on any atom is 0.171 e. The second-order valence-corrected chi connectivity index (χ2v) is 18.6. The Bertz CT molecular complexity index is 1010. The quantitative estimate of drug-likeness (QED) is 0.265. The van der Waals surface area contributed by atoms with Crippen molar-refractivity contribution in [3.63, 3.8) is 0 Å². The summed E-state index contributed by atoms with van der Waals surface area (Å²) in [5, 5.41) is 11.6. The fourth-order valence-electron chi connectivity index (χ4n) is 4.77. The maximum atomic E-state index is 9.34. The van der Waals surface area contributed by atoms with Crippen molar-refractivity contribution in [2.24, 2.45) is 10.8 Å². The molecule has 0 aliphatic carbocycles. The minimum Gasteiger partial charge on any atom is -0.413 e. The standard InChI is InChI=1S/C31H52O3SSi2/c1-12-24(17-18-32)27-20-23(21-35-27)14-13-22-15-16-25(28(30(2,3)4)33-36(8)9)26(19-22)29(31(5,6)7)34-37(10)11/h15-17,19-21,28-29,32,36-37H,12-14,18H2,1-11H3. The second-order valence-electron chi connectivity index (χ2n) is 12.9. The summed E-state index contributed by atoms with van der Waals surface area (Å²) < 4.78 is 13.5. The fraction of sp³-hybridized carbons (Fsp3) is 0.613. The zero-order valence-corrected chi connectivity index (χ0v) is 28.4. The van der Waals surface area contributed by atoms with Gasteiger partial charge in [0.1, 0.15) is 0 Å². The smallest absolute Gasteiger partial charge is 0.171 e. The van der Waals surface area contributed by atoms with Gasteiger partial charge >= 0.3 is 0 Å². The highest BCUT2D eigenvalue weighted by molar-refractivity contribution is 7.11. The lowest BCUT2D eigenvalue weighted by atomic mass is 9.77. The Kier molecular flexibility index (Phi) is 12.1. The molecule has 0 saturated carbocycles. The predicted molar refractivity (Wildman–Crippen MR) is 168 cm³/mol. The van der Waals surface area contributed by atoms with Crippen LogP contribution < -0.4 is 0 Å². The van der Waals surface area contributed by atoms with E-state index in [4.69, 9.17) is 8.85 Å². The van der Waals surface area contributed by atoms with Gasteiger partial charge in [-0.05, 0) is 95.6 Å². The number of thiophene rings is 1. The zero-order valence-electron chi connectivity index (χ0n) is 25.3. The molecule has 1 aromatic heterocycles. The number of allylic oxidation sites excluding steroid dienone is 1. The molecule has 1 aromatic carbocycles. The summed E-state index contributed by atoms with van der Waals surface area (Å²) in [6, 6.07) is 9.36. The maximum absolute atomic E-state index is 9.34. The molecule has 0 radical (unpaired) electrons. The van der Waals surface area contributed by atoms with Crippen molar-refractivity contribution in [2.45, 2.75) is 106 Å². The first-order valence-electron chi connectivity index (χ1n) is 14.0. The van der Waals surface area contributed by atoms with Crippen molar-refractivity contribution in [1.82, 2.24) is 0 Å². The van der Waals surface area contributed by atoms with E-state index < -0.39 is 18.1 Å². The Labute approximate surface area is 234 Å². The predicted octanol–water partition coefficient (Wildman–Crippen LogP) is 8.49. The molecular weight excluding hydrogens is 509 g/mol. The largest absolute Gasteiger partial charge is 0.413 e.